The Morgan fingerprint density at radius 3 is 2.32 bits per heavy atom. The van der Waals surface area contributed by atoms with E-state index in [0.29, 0.717) is 41.0 Å². The van der Waals surface area contributed by atoms with Crippen LogP contribution in [-0.2, 0) is 19.1 Å². The van der Waals surface area contributed by atoms with Crippen molar-refractivity contribution in [3.05, 3.63) is 64.3 Å². The minimum Gasteiger partial charge on any atom is -0.486 e. The molecule has 0 aliphatic carbocycles. The van der Waals surface area contributed by atoms with Crippen molar-refractivity contribution in [1.82, 2.24) is 0 Å². The average molecular weight is 444 g/mol. The first-order valence-corrected chi connectivity index (χ1v) is 9.78. The van der Waals surface area contributed by atoms with E-state index in [1.807, 2.05) is 0 Å². The number of ketones is 1. The molecule has 0 atom stereocenters. The molecule has 2 aliphatic rings. The van der Waals surface area contributed by atoms with Gasteiger partial charge in [-0.25, -0.2) is 9.59 Å². The lowest BCUT2D eigenvalue weighted by atomic mass is 10.0. The summed E-state index contributed by atoms with van der Waals surface area (Å²) in [5.41, 5.74) is 0.557. The highest BCUT2D eigenvalue weighted by Crippen LogP contribution is 2.37. The van der Waals surface area contributed by atoms with E-state index in [2.05, 4.69) is 5.32 Å². The first kappa shape index (κ1) is 20.7. The Morgan fingerprint density at radius 2 is 1.68 bits per heavy atom. The van der Waals surface area contributed by atoms with Crippen molar-refractivity contribution in [3.63, 3.8) is 0 Å². The number of carbonyl (C=O) groups excluding carboxylic acids is 3. The number of fused-ring (bicyclic) bond motifs is 1. The number of ether oxygens (including phenoxy) is 4. The second-order valence-corrected chi connectivity index (χ2v) is 7.70. The summed E-state index contributed by atoms with van der Waals surface area (Å²) in [5.74, 6) is -2.54. The van der Waals surface area contributed by atoms with E-state index < -0.39 is 17.7 Å². The molecular weight excluding hydrogens is 426 g/mol. The molecule has 31 heavy (non-hydrogen) atoms. The molecule has 0 aromatic heterocycles. The molecule has 0 radical (unpaired) electrons. The summed E-state index contributed by atoms with van der Waals surface area (Å²) in [6, 6.07) is 9.60. The van der Waals surface area contributed by atoms with Gasteiger partial charge in [0.05, 0.1) is 5.69 Å². The molecule has 9 heteroatoms. The van der Waals surface area contributed by atoms with Crippen LogP contribution in [0.15, 0.2) is 48.2 Å². The first-order chi connectivity index (χ1) is 14.7. The van der Waals surface area contributed by atoms with Gasteiger partial charge in [-0.15, -0.1) is 0 Å². The summed E-state index contributed by atoms with van der Waals surface area (Å²) in [7, 11) is 0. The molecule has 0 spiro atoms. The average Bonchev–Trinajstić information content (AvgIpc) is 2.71. The monoisotopic (exact) mass is 443 g/mol. The Kier molecular flexibility index (Phi) is 5.32. The van der Waals surface area contributed by atoms with E-state index in [0.717, 1.165) is 6.20 Å². The van der Waals surface area contributed by atoms with Crippen LogP contribution in [0.2, 0.25) is 5.02 Å². The van der Waals surface area contributed by atoms with Gasteiger partial charge in [0.25, 0.3) is 5.79 Å². The second kappa shape index (κ2) is 7.96. The molecule has 0 unspecified atom stereocenters. The first-order valence-electron chi connectivity index (χ1n) is 9.41. The van der Waals surface area contributed by atoms with E-state index >= 15 is 0 Å². The Balaban J connectivity index is 1.72. The summed E-state index contributed by atoms with van der Waals surface area (Å²) in [5, 5.41) is 3.25. The maximum atomic E-state index is 13.2. The number of rotatable bonds is 4. The quantitative estimate of drug-likeness (QED) is 0.332. The van der Waals surface area contributed by atoms with Gasteiger partial charge in [0.2, 0.25) is 0 Å². The molecule has 4 rings (SSSR count). The molecule has 1 N–H and O–H groups in total. The third kappa shape index (κ3) is 4.34. The maximum Gasteiger partial charge on any atom is 0.350 e. The summed E-state index contributed by atoms with van der Waals surface area (Å²) < 4.78 is 21.3. The molecule has 0 saturated carbocycles. The van der Waals surface area contributed by atoms with Crippen LogP contribution in [0.25, 0.3) is 0 Å². The number of anilines is 1. The third-order valence-electron chi connectivity index (χ3n) is 4.50. The zero-order valence-corrected chi connectivity index (χ0v) is 17.4. The minimum atomic E-state index is -1.35. The molecule has 2 aromatic carbocycles. The number of nitrogens with one attached hydrogen (secondary N) is 1. The Hall–Kier alpha value is -3.52. The van der Waals surface area contributed by atoms with Crippen LogP contribution in [-0.4, -0.2) is 36.7 Å². The Morgan fingerprint density at radius 1 is 1.03 bits per heavy atom. The molecule has 0 amide bonds. The van der Waals surface area contributed by atoms with Crippen molar-refractivity contribution in [1.29, 1.82) is 0 Å². The van der Waals surface area contributed by atoms with Gasteiger partial charge in [-0.05, 0) is 18.2 Å². The molecule has 1 fully saturated rings. The fourth-order valence-electron chi connectivity index (χ4n) is 3.11. The Labute approximate surface area is 182 Å². The summed E-state index contributed by atoms with van der Waals surface area (Å²) in [6.07, 6.45) is 1.14. The van der Waals surface area contributed by atoms with Gasteiger partial charge in [-0.1, -0.05) is 23.7 Å². The van der Waals surface area contributed by atoms with Crippen LogP contribution in [0.1, 0.15) is 29.8 Å². The van der Waals surface area contributed by atoms with Crippen LogP contribution < -0.4 is 14.8 Å². The van der Waals surface area contributed by atoms with E-state index in [1.54, 1.807) is 36.4 Å². The third-order valence-corrected chi connectivity index (χ3v) is 4.74. The number of halogens is 1. The van der Waals surface area contributed by atoms with Gasteiger partial charge < -0.3 is 24.3 Å². The lowest BCUT2D eigenvalue weighted by molar-refractivity contribution is -0.222. The highest BCUT2D eigenvalue weighted by Gasteiger charge is 2.39. The smallest absolute Gasteiger partial charge is 0.350 e. The largest absolute Gasteiger partial charge is 0.486 e. The number of carbonyl (C=O) groups is 3. The van der Waals surface area contributed by atoms with Crippen molar-refractivity contribution < 1.29 is 33.3 Å². The Bertz CT molecular complexity index is 1100. The molecule has 8 nitrogen and oxygen atoms in total. The molecule has 160 valence electrons. The predicted molar refractivity (Wildman–Crippen MR) is 110 cm³/mol. The van der Waals surface area contributed by atoms with Crippen LogP contribution >= 0.6 is 11.6 Å². The van der Waals surface area contributed by atoms with Crippen molar-refractivity contribution in [2.75, 3.05) is 18.5 Å². The zero-order chi connectivity index (χ0) is 22.2. The van der Waals surface area contributed by atoms with Crippen molar-refractivity contribution >= 4 is 35.0 Å². The van der Waals surface area contributed by atoms with E-state index in [4.69, 9.17) is 30.5 Å². The summed E-state index contributed by atoms with van der Waals surface area (Å²) in [4.78, 5) is 37.6. The molecule has 2 aromatic rings. The lowest BCUT2D eigenvalue weighted by Gasteiger charge is -2.29. The van der Waals surface area contributed by atoms with Crippen LogP contribution in [0.5, 0.6) is 11.5 Å². The highest BCUT2D eigenvalue weighted by atomic mass is 35.5. The van der Waals surface area contributed by atoms with Crippen molar-refractivity contribution in [2.24, 2.45) is 0 Å². The highest BCUT2D eigenvalue weighted by molar-refractivity contribution is 6.31. The molecule has 2 heterocycles. The fourth-order valence-corrected chi connectivity index (χ4v) is 3.30. The van der Waals surface area contributed by atoms with E-state index in [9.17, 15) is 14.4 Å². The van der Waals surface area contributed by atoms with Gasteiger partial charge >= 0.3 is 11.9 Å². The maximum absolute atomic E-state index is 13.2. The minimum absolute atomic E-state index is 0.237. The lowest BCUT2D eigenvalue weighted by Crippen LogP contribution is -2.42. The van der Waals surface area contributed by atoms with Gasteiger partial charge in [-0.2, -0.15) is 0 Å². The van der Waals surface area contributed by atoms with E-state index in [-0.39, 0.29) is 16.9 Å². The van der Waals surface area contributed by atoms with Crippen LogP contribution in [0.3, 0.4) is 0 Å². The molecule has 0 bridgehead atoms. The number of hydrogen-bond donors (Lipinski definition) is 1. The van der Waals surface area contributed by atoms with Crippen molar-refractivity contribution in [3.8, 4) is 11.5 Å². The van der Waals surface area contributed by atoms with Crippen LogP contribution in [0, 0.1) is 0 Å². The normalized spacial score (nSPS) is 16.8. The second-order valence-electron chi connectivity index (χ2n) is 7.26. The number of cyclic esters (lactones) is 2. The fraction of sp³-hybridized carbons (Fsp3) is 0.227. The predicted octanol–water partition coefficient (Wildman–Crippen LogP) is 3.47. The summed E-state index contributed by atoms with van der Waals surface area (Å²) >= 11 is 6.02. The molecule has 2 aliphatic heterocycles. The molecule has 1 saturated heterocycles. The topological polar surface area (TPSA) is 100 Å². The van der Waals surface area contributed by atoms with Gasteiger partial charge in [0.15, 0.2) is 22.9 Å². The number of benzene rings is 2. The number of esters is 2. The van der Waals surface area contributed by atoms with E-state index in [1.165, 1.54) is 13.8 Å². The van der Waals surface area contributed by atoms with Crippen molar-refractivity contribution in [2.45, 2.75) is 19.6 Å². The SMILES string of the molecule is CC1(C)OC(=O)C(=CNc2cc3c(cc2C(=O)c2cccc(Cl)c2)OCCO3)C(=O)O1. The standard InChI is InChI=1S/C22H18ClNO7/c1-22(2)30-20(26)15(21(27)31-22)11-24-16-10-18-17(28-6-7-29-18)9-14(16)19(25)12-4-3-5-13(23)8-12/h3-5,8-11,24H,6-7H2,1-2H3. The van der Waals surface area contributed by atoms with Gasteiger partial charge in [0.1, 0.15) is 13.2 Å². The van der Waals surface area contributed by atoms with Crippen LogP contribution in [0.4, 0.5) is 5.69 Å². The van der Waals surface area contributed by atoms with Gasteiger partial charge in [-0.3, -0.25) is 4.79 Å². The summed E-state index contributed by atoms with van der Waals surface area (Å²) in [6.45, 7) is 3.61. The zero-order valence-electron chi connectivity index (χ0n) is 16.7. The van der Waals surface area contributed by atoms with Gasteiger partial charge in [0, 0.05) is 42.3 Å². The number of hydrogen-bond acceptors (Lipinski definition) is 8. The molecular formula is C22H18ClNO7.